The van der Waals surface area contributed by atoms with E-state index >= 15 is 0 Å². The van der Waals surface area contributed by atoms with E-state index in [0.29, 0.717) is 27.0 Å². The molecule has 244 valence electrons. The van der Waals surface area contributed by atoms with Gasteiger partial charge in [0.05, 0.1) is 25.8 Å². The fraction of sp³-hybridized carbons (Fsp3) is 0.143. The average Bonchev–Trinajstić information content (AvgIpc) is 3.68. The molecule has 1 atom stereocenters. The number of ether oxygens (including phenoxy) is 3. The number of carbonyl (C=O) groups is 2. The maximum absolute atomic E-state index is 14.7. The van der Waals surface area contributed by atoms with Crippen LogP contribution in [0.5, 0.6) is 17.2 Å². The van der Waals surface area contributed by atoms with Gasteiger partial charge in [-0.1, -0.05) is 77.7 Å². The maximum Gasteiger partial charge on any atom is 0.301 e. The third-order valence-electron chi connectivity index (χ3n) is 7.52. The SMILES string of the molecule is COc1ccc(C(O)=C2C(=O)C(=O)N(c3nnc(SCc4ccccc4F)s3)[C@H]2c2ccc(OCc3ccccc3)c(OC)c2)cc1F. The third-order valence-corrected chi connectivity index (χ3v) is 9.63. The van der Waals surface area contributed by atoms with E-state index in [0.717, 1.165) is 27.9 Å². The maximum atomic E-state index is 14.7. The quantitative estimate of drug-likeness (QED) is 0.0502. The van der Waals surface area contributed by atoms with Gasteiger partial charge in [-0.15, -0.1) is 10.2 Å². The Bertz CT molecular complexity index is 2020. The van der Waals surface area contributed by atoms with Crippen molar-refractivity contribution in [1.29, 1.82) is 0 Å². The zero-order valence-corrected chi connectivity index (χ0v) is 27.2. The number of carbonyl (C=O) groups excluding carboxylic acids is 2. The average molecular weight is 688 g/mol. The molecule has 0 bridgehead atoms. The lowest BCUT2D eigenvalue weighted by molar-refractivity contribution is -0.132. The molecule has 4 aromatic carbocycles. The second kappa shape index (κ2) is 14.2. The summed E-state index contributed by atoms with van der Waals surface area (Å²) in [6.45, 7) is 0.260. The van der Waals surface area contributed by atoms with Crippen molar-refractivity contribution in [1.82, 2.24) is 10.2 Å². The van der Waals surface area contributed by atoms with Crippen LogP contribution < -0.4 is 19.1 Å². The molecular formula is C35H27F2N3O6S2. The molecule has 1 aliphatic rings. The number of aliphatic hydroxyl groups is 1. The Labute approximate surface area is 282 Å². The first kappa shape index (κ1) is 32.7. The van der Waals surface area contributed by atoms with Crippen molar-refractivity contribution < 1.29 is 37.7 Å². The minimum atomic E-state index is -1.20. The van der Waals surface area contributed by atoms with Gasteiger partial charge in [0.25, 0.3) is 5.78 Å². The summed E-state index contributed by atoms with van der Waals surface area (Å²) in [5.41, 5.74) is 1.45. The number of anilines is 1. The van der Waals surface area contributed by atoms with Crippen LogP contribution in [-0.2, 0) is 21.9 Å². The van der Waals surface area contributed by atoms with Gasteiger partial charge in [0, 0.05) is 11.3 Å². The van der Waals surface area contributed by atoms with Gasteiger partial charge >= 0.3 is 5.91 Å². The van der Waals surface area contributed by atoms with Crippen molar-refractivity contribution in [2.75, 3.05) is 19.1 Å². The molecule has 1 fully saturated rings. The number of rotatable bonds is 11. The Morgan fingerprint density at radius 1 is 0.875 bits per heavy atom. The molecule has 0 radical (unpaired) electrons. The number of thioether (sulfide) groups is 1. The predicted octanol–water partition coefficient (Wildman–Crippen LogP) is 7.33. The van der Waals surface area contributed by atoms with Crippen LogP contribution in [-0.4, -0.2) is 41.2 Å². The number of amides is 1. The number of Topliss-reactive ketones (excluding diaryl/α,β-unsaturated/α-hetero) is 1. The number of ketones is 1. The molecule has 1 N–H and O–H groups in total. The second-order valence-electron chi connectivity index (χ2n) is 10.4. The molecule has 48 heavy (non-hydrogen) atoms. The number of hydrogen-bond acceptors (Lipinski definition) is 10. The fourth-order valence-electron chi connectivity index (χ4n) is 5.14. The van der Waals surface area contributed by atoms with Crippen LogP contribution in [0.3, 0.4) is 0 Å². The highest BCUT2D eigenvalue weighted by atomic mass is 32.2. The highest BCUT2D eigenvalue weighted by molar-refractivity contribution is 8.00. The van der Waals surface area contributed by atoms with Crippen molar-refractivity contribution in [3.05, 3.63) is 130 Å². The van der Waals surface area contributed by atoms with Gasteiger partial charge in [-0.05, 0) is 53.1 Å². The van der Waals surface area contributed by atoms with E-state index in [1.807, 2.05) is 30.3 Å². The zero-order valence-electron chi connectivity index (χ0n) is 25.6. The molecule has 2 heterocycles. The van der Waals surface area contributed by atoms with Crippen LogP contribution in [0, 0.1) is 11.6 Å². The smallest absolute Gasteiger partial charge is 0.301 e. The number of nitrogens with zero attached hydrogens (tertiary/aromatic N) is 3. The molecule has 0 unspecified atom stereocenters. The van der Waals surface area contributed by atoms with Crippen LogP contribution >= 0.6 is 23.1 Å². The highest BCUT2D eigenvalue weighted by Crippen LogP contribution is 2.46. The Morgan fingerprint density at radius 3 is 2.33 bits per heavy atom. The zero-order chi connectivity index (χ0) is 33.8. The van der Waals surface area contributed by atoms with Gasteiger partial charge in [0.15, 0.2) is 27.4 Å². The van der Waals surface area contributed by atoms with Gasteiger partial charge in [-0.2, -0.15) is 0 Å². The van der Waals surface area contributed by atoms with Crippen LogP contribution in [0.15, 0.2) is 101 Å². The Hall–Kier alpha value is -5.27. The van der Waals surface area contributed by atoms with Gasteiger partial charge in [0.1, 0.15) is 18.2 Å². The Balaban J connectivity index is 1.40. The highest BCUT2D eigenvalue weighted by Gasteiger charge is 2.48. The van der Waals surface area contributed by atoms with E-state index in [-0.39, 0.29) is 40.2 Å². The Morgan fingerprint density at radius 2 is 1.60 bits per heavy atom. The summed E-state index contributed by atoms with van der Waals surface area (Å²) in [5, 5.41) is 19.9. The number of aliphatic hydroxyl groups excluding tert-OH is 1. The molecule has 1 amide bonds. The van der Waals surface area contributed by atoms with Crippen LogP contribution in [0.25, 0.3) is 5.76 Å². The first-order valence-corrected chi connectivity index (χ1v) is 16.3. The van der Waals surface area contributed by atoms with E-state index in [4.69, 9.17) is 14.2 Å². The topological polar surface area (TPSA) is 111 Å². The van der Waals surface area contributed by atoms with E-state index in [2.05, 4.69) is 10.2 Å². The first-order chi connectivity index (χ1) is 23.3. The third kappa shape index (κ3) is 6.60. The molecule has 1 aliphatic heterocycles. The monoisotopic (exact) mass is 687 g/mol. The number of methoxy groups -OCH3 is 2. The van der Waals surface area contributed by atoms with E-state index in [1.165, 1.54) is 44.2 Å². The van der Waals surface area contributed by atoms with Gasteiger partial charge in [-0.3, -0.25) is 14.5 Å². The molecule has 9 nitrogen and oxygen atoms in total. The second-order valence-corrected chi connectivity index (χ2v) is 12.6. The van der Waals surface area contributed by atoms with Gasteiger partial charge < -0.3 is 19.3 Å². The lowest BCUT2D eigenvalue weighted by Crippen LogP contribution is -2.29. The van der Waals surface area contributed by atoms with E-state index in [1.54, 1.807) is 36.4 Å². The molecule has 6 rings (SSSR count). The van der Waals surface area contributed by atoms with Crippen molar-refractivity contribution in [2.24, 2.45) is 0 Å². The molecule has 0 aliphatic carbocycles. The summed E-state index contributed by atoms with van der Waals surface area (Å²) in [4.78, 5) is 28.5. The predicted molar refractivity (Wildman–Crippen MR) is 177 cm³/mol. The number of benzene rings is 4. The van der Waals surface area contributed by atoms with Crippen LogP contribution in [0.1, 0.15) is 28.3 Å². The first-order valence-electron chi connectivity index (χ1n) is 14.5. The lowest BCUT2D eigenvalue weighted by atomic mass is 9.95. The number of aromatic nitrogens is 2. The van der Waals surface area contributed by atoms with Crippen LogP contribution in [0.4, 0.5) is 13.9 Å². The summed E-state index contributed by atoms with van der Waals surface area (Å²) in [5.74, 6) is -2.79. The fourth-order valence-corrected chi connectivity index (χ4v) is 6.99. The van der Waals surface area contributed by atoms with Crippen molar-refractivity contribution in [3.8, 4) is 17.2 Å². The Kier molecular flexibility index (Phi) is 9.69. The molecule has 13 heteroatoms. The summed E-state index contributed by atoms with van der Waals surface area (Å²) >= 11 is 2.25. The summed E-state index contributed by atoms with van der Waals surface area (Å²) in [6.07, 6.45) is 0. The van der Waals surface area contributed by atoms with Gasteiger partial charge in [0.2, 0.25) is 5.13 Å². The molecule has 1 aromatic heterocycles. The normalized spacial score (nSPS) is 15.5. The summed E-state index contributed by atoms with van der Waals surface area (Å²) in [6, 6.07) is 23.3. The van der Waals surface area contributed by atoms with E-state index in [9.17, 15) is 23.5 Å². The molecule has 0 spiro atoms. The van der Waals surface area contributed by atoms with Gasteiger partial charge in [-0.25, -0.2) is 8.78 Å². The van der Waals surface area contributed by atoms with Crippen molar-refractivity contribution >= 4 is 45.7 Å². The number of halogens is 2. The molecule has 1 saturated heterocycles. The molecule has 5 aromatic rings. The standard InChI is InChI=1S/C35H27F2N3O6S2/c1-44-26-14-13-22(16-25(26)37)31(41)29-30(21-12-15-27(28(17-21)45-2)46-18-20-8-4-3-5-9-20)40(33(43)32(29)42)34-38-39-35(48-34)47-19-23-10-6-7-11-24(23)36/h3-17,30,41H,18-19H2,1-2H3/t30-/m0/s1. The van der Waals surface area contributed by atoms with E-state index < -0.39 is 29.3 Å². The van der Waals surface area contributed by atoms with Crippen LogP contribution in [0.2, 0.25) is 0 Å². The minimum Gasteiger partial charge on any atom is -0.507 e. The lowest BCUT2D eigenvalue weighted by Gasteiger charge is -2.23. The van der Waals surface area contributed by atoms with Crippen molar-refractivity contribution in [3.63, 3.8) is 0 Å². The summed E-state index contributed by atoms with van der Waals surface area (Å²) < 4.78 is 45.9. The molecule has 0 saturated carbocycles. The van der Waals surface area contributed by atoms with Crippen molar-refractivity contribution in [2.45, 2.75) is 22.7 Å². The largest absolute Gasteiger partial charge is 0.507 e. The minimum absolute atomic E-state index is 0.0375. The number of hydrogen-bond donors (Lipinski definition) is 1. The molecular weight excluding hydrogens is 661 g/mol. The summed E-state index contributed by atoms with van der Waals surface area (Å²) in [7, 11) is 2.75.